The zero-order chi connectivity index (χ0) is 11.5. The summed E-state index contributed by atoms with van der Waals surface area (Å²) in [5.74, 6) is 1.68. The second kappa shape index (κ2) is 4.88. The maximum atomic E-state index is 5.86. The Bertz CT molecular complexity index is 342. The number of hydrogen-bond donors (Lipinski definition) is 1. The van der Waals surface area contributed by atoms with E-state index >= 15 is 0 Å². The van der Waals surface area contributed by atoms with Gasteiger partial charge in [0.25, 0.3) is 0 Å². The number of nitrogens with two attached hydrogens (primary N) is 1. The van der Waals surface area contributed by atoms with E-state index in [1.54, 1.807) is 0 Å². The van der Waals surface area contributed by atoms with Gasteiger partial charge < -0.3 is 10.5 Å². The molecule has 2 N–H and O–H groups in total. The van der Waals surface area contributed by atoms with Gasteiger partial charge in [0.1, 0.15) is 11.9 Å². The van der Waals surface area contributed by atoms with Crippen molar-refractivity contribution < 1.29 is 4.74 Å². The summed E-state index contributed by atoms with van der Waals surface area (Å²) in [6.07, 6.45) is 3.44. The van der Waals surface area contributed by atoms with E-state index in [1.165, 1.54) is 5.56 Å². The predicted molar refractivity (Wildman–Crippen MR) is 66.6 cm³/mol. The SMILES string of the molecule is CC(C)Cc1cccc(OC2CC(N)C2)c1. The highest BCUT2D eigenvalue weighted by Gasteiger charge is 2.27. The Hall–Kier alpha value is -1.02. The molecule has 1 aliphatic rings. The molecule has 1 saturated carbocycles. The number of benzene rings is 1. The van der Waals surface area contributed by atoms with E-state index in [0.29, 0.717) is 18.1 Å². The molecular formula is C14H21NO. The van der Waals surface area contributed by atoms with Crippen molar-refractivity contribution in [2.24, 2.45) is 11.7 Å². The molecule has 0 aliphatic heterocycles. The third-order valence-electron chi connectivity index (χ3n) is 2.98. The van der Waals surface area contributed by atoms with Crippen molar-refractivity contribution in [3.63, 3.8) is 0 Å². The molecule has 0 amide bonds. The molecule has 1 aliphatic carbocycles. The monoisotopic (exact) mass is 219 g/mol. The van der Waals surface area contributed by atoms with Crippen molar-refractivity contribution in [2.75, 3.05) is 0 Å². The van der Waals surface area contributed by atoms with Crippen LogP contribution < -0.4 is 10.5 Å². The Kier molecular flexibility index (Phi) is 3.49. The van der Waals surface area contributed by atoms with Crippen LogP contribution in [0, 0.1) is 5.92 Å². The third-order valence-corrected chi connectivity index (χ3v) is 2.98. The van der Waals surface area contributed by atoms with Gasteiger partial charge in [-0.3, -0.25) is 0 Å². The van der Waals surface area contributed by atoms with E-state index in [9.17, 15) is 0 Å². The van der Waals surface area contributed by atoms with Gasteiger partial charge in [-0.25, -0.2) is 0 Å². The summed E-state index contributed by atoms with van der Waals surface area (Å²) in [6.45, 7) is 4.47. The smallest absolute Gasteiger partial charge is 0.119 e. The van der Waals surface area contributed by atoms with Crippen LogP contribution in [-0.4, -0.2) is 12.1 Å². The highest BCUT2D eigenvalue weighted by atomic mass is 16.5. The fourth-order valence-corrected chi connectivity index (χ4v) is 2.11. The van der Waals surface area contributed by atoms with Crippen molar-refractivity contribution in [2.45, 2.75) is 45.3 Å². The molecule has 1 aromatic rings. The minimum Gasteiger partial charge on any atom is -0.490 e. The molecule has 0 unspecified atom stereocenters. The molecule has 88 valence electrons. The predicted octanol–water partition coefficient (Wildman–Crippen LogP) is 2.75. The lowest BCUT2D eigenvalue weighted by molar-refractivity contribution is 0.101. The molecule has 2 heteroatoms. The Morgan fingerprint density at radius 2 is 2.12 bits per heavy atom. The van der Waals surface area contributed by atoms with Crippen LogP contribution in [0.4, 0.5) is 0 Å². The summed E-state index contributed by atoms with van der Waals surface area (Å²) in [5.41, 5.74) is 7.10. The number of hydrogen-bond acceptors (Lipinski definition) is 2. The molecule has 2 rings (SSSR count). The minimum atomic E-state index is 0.337. The molecule has 0 spiro atoms. The van der Waals surface area contributed by atoms with Crippen LogP contribution in [0.3, 0.4) is 0 Å². The van der Waals surface area contributed by atoms with Gasteiger partial charge in [0.05, 0.1) is 0 Å². The first-order valence-electron chi connectivity index (χ1n) is 6.14. The topological polar surface area (TPSA) is 35.2 Å². The molecular weight excluding hydrogens is 198 g/mol. The summed E-state index contributed by atoms with van der Waals surface area (Å²) in [6, 6.07) is 8.78. The zero-order valence-electron chi connectivity index (χ0n) is 10.1. The van der Waals surface area contributed by atoms with Gasteiger partial charge in [-0.05, 0) is 42.9 Å². The van der Waals surface area contributed by atoms with Crippen LogP contribution in [-0.2, 0) is 6.42 Å². The average molecular weight is 219 g/mol. The molecule has 0 atom stereocenters. The largest absolute Gasteiger partial charge is 0.490 e. The summed E-state index contributed by atoms with van der Waals surface area (Å²) >= 11 is 0. The lowest BCUT2D eigenvalue weighted by atomic mass is 9.90. The molecule has 0 heterocycles. The first kappa shape index (κ1) is 11.5. The van der Waals surface area contributed by atoms with Crippen molar-refractivity contribution >= 4 is 0 Å². The van der Waals surface area contributed by atoms with Crippen molar-refractivity contribution in [3.8, 4) is 5.75 Å². The van der Waals surface area contributed by atoms with Gasteiger partial charge in [0.2, 0.25) is 0 Å². The lowest BCUT2D eigenvalue weighted by Gasteiger charge is -2.32. The van der Waals surface area contributed by atoms with Gasteiger partial charge in [0.15, 0.2) is 0 Å². The second-order valence-electron chi connectivity index (χ2n) is 5.22. The molecule has 0 aromatic heterocycles. The van der Waals surface area contributed by atoms with Crippen LogP contribution in [0.5, 0.6) is 5.75 Å². The Morgan fingerprint density at radius 3 is 2.75 bits per heavy atom. The minimum absolute atomic E-state index is 0.337. The number of ether oxygens (including phenoxy) is 1. The van der Waals surface area contributed by atoms with Gasteiger partial charge >= 0.3 is 0 Å². The maximum absolute atomic E-state index is 5.86. The van der Waals surface area contributed by atoms with E-state index in [1.807, 2.05) is 6.07 Å². The second-order valence-corrected chi connectivity index (χ2v) is 5.22. The zero-order valence-corrected chi connectivity index (χ0v) is 10.1. The van der Waals surface area contributed by atoms with Gasteiger partial charge in [0, 0.05) is 6.04 Å². The van der Waals surface area contributed by atoms with Gasteiger partial charge in [-0.15, -0.1) is 0 Å². The molecule has 1 fully saturated rings. The van der Waals surface area contributed by atoms with E-state index in [0.717, 1.165) is 25.0 Å². The standard InChI is InChI=1S/C14H21NO/c1-10(2)6-11-4-3-5-13(7-11)16-14-8-12(15)9-14/h3-5,7,10,12,14H,6,8-9,15H2,1-2H3. The van der Waals surface area contributed by atoms with Crippen molar-refractivity contribution in [1.82, 2.24) is 0 Å². The summed E-state index contributed by atoms with van der Waals surface area (Å²) < 4.78 is 5.86. The average Bonchev–Trinajstić information content (AvgIpc) is 2.15. The van der Waals surface area contributed by atoms with Crippen LogP contribution in [0.25, 0.3) is 0 Å². The van der Waals surface area contributed by atoms with Crippen molar-refractivity contribution in [3.05, 3.63) is 29.8 Å². The highest BCUT2D eigenvalue weighted by Crippen LogP contribution is 2.25. The van der Waals surface area contributed by atoms with Crippen LogP contribution in [0.2, 0.25) is 0 Å². The Labute approximate surface area is 97.8 Å². The van der Waals surface area contributed by atoms with Crippen LogP contribution in [0.1, 0.15) is 32.3 Å². The lowest BCUT2D eigenvalue weighted by Crippen LogP contribution is -2.43. The summed E-state index contributed by atoms with van der Waals surface area (Å²) in [4.78, 5) is 0. The van der Waals surface area contributed by atoms with Crippen LogP contribution in [0.15, 0.2) is 24.3 Å². The van der Waals surface area contributed by atoms with E-state index in [4.69, 9.17) is 10.5 Å². The normalized spacial score (nSPS) is 24.2. The van der Waals surface area contributed by atoms with Gasteiger partial charge in [-0.1, -0.05) is 26.0 Å². The van der Waals surface area contributed by atoms with Crippen molar-refractivity contribution in [1.29, 1.82) is 0 Å². The molecule has 0 saturated heterocycles. The highest BCUT2D eigenvalue weighted by molar-refractivity contribution is 5.29. The molecule has 0 radical (unpaired) electrons. The summed E-state index contributed by atoms with van der Waals surface area (Å²) in [7, 11) is 0. The van der Waals surface area contributed by atoms with E-state index in [2.05, 4.69) is 32.0 Å². The van der Waals surface area contributed by atoms with Crippen LogP contribution >= 0.6 is 0 Å². The number of rotatable bonds is 4. The Balaban J connectivity index is 1.93. The Morgan fingerprint density at radius 1 is 1.38 bits per heavy atom. The first-order chi connectivity index (χ1) is 7.63. The molecule has 2 nitrogen and oxygen atoms in total. The fourth-order valence-electron chi connectivity index (χ4n) is 2.11. The third kappa shape index (κ3) is 2.99. The van der Waals surface area contributed by atoms with E-state index in [-0.39, 0.29) is 0 Å². The van der Waals surface area contributed by atoms with Gasteiger partial charge in [-0.2, -0.15) is 0 Å². The quantitative estimate of drug-likeness (QED) is 0.845. The molecule has 1 aromatic carbocycles. The molecule has 16 heavy (non-hydrogen) atoms. The maximum Gasteiger partial charge on any atom is 0.119 e. The summed E-state index contributed by atoms with van der Waals surface area (Å²) in [5, 5.41) is 0. The van der Waals surface area contributed by atoms with E-state index < -0.39 is 0 Å². The first-order valence-corrected chi connectivity index (χ1v) is 6.14. The fraction of sp³-hybridized carbons (Fsp3) is 0.571. The molecule has 0 bridgehead atoms.